The summed E-state index contributed by atoms with van der Waals surface area (Å²) in [6.45, 7) is 0.347. The van der Waals surface area contributed by atoms with Crippen LogP contribution in [0.25, 0.3) is 17.2 Å². The second-order valence-corrected chi connectivity index (χ2v) is 8.92. The normalized spacial score (nSPS) is 11.4. The van der Waals surface area contributed by atoms with Crippen LogP contribution in [0.4, 0.5) is 5.69 Å². The van der Waals surface area contributed by atoms with Crippen LogP contribution in [-0.4, -0.2) is 30.3 Å². The van der Waals surface area contributed by atoms with Crippen molar-refractivity contribution >= 4 is 52.2 Å². The zero-order chi connectivity index (χ0) is 24.2. The van der Waals surface area contributed by atoms with E-state index >= 15 is 0 Å². The summed E-state index contributed by atoms with van der Waals surface area (Å²) < 4.78 is 4.13. The summed E-state index contributed by atoms with van der Waals surface area (Å²) in [5, 5.41) is 3.86. The minimum Gasteiger partial charge on any atom is -0.325 e. The molecule has 0 bridgehead atoms. The van der Waals surface area contributed by atoms with Gasteiger partial charge in [0.25, 0.3) is 5.56 Å². The van der Waals surface area contributed by atoms with Gasteiger partial charge in [0.1, 0.15) is 0 Å². The predicted octanol–water partition coefficient (Wildman–Crippen LogP) is 3.53. The first-order valence-corrected chi connectivity index (χ1v) is 11.8. The van der Waals surface area contributed by atoms with E-state index in [4.69, 9.17) is 11.6 Å². The number of nitrogens with one attached hydrogen (secondary N) is 1. The highest BCUT2D eigenvalue weighted by Crippen LogP contribution is 2.22. The summed E-state index contributed by atoms with van der Waals surface area (Å²) in [7, 11) is 3.01. The van der Waals surface area contributed by atoms with Gasteiger partial charge in [-0.1, -0.05) is 65.8 Å². The molecule has 0 saturated heterocycles. The lowest BCUT2D eigenvalue weighted by Gasteiger charge is -2.08. The van der Waals surface area contributed by atoms with Crippen LogP contribution in [0.5, 0.6) is 0 Å². The molecule has 0 aliphatic heterocycles. The molecule has 4 rings (SSSR count). The maximum atomic E-state index is 12.9. The Labute approximate surface area is 204 Å². The number of fused-ring (bicyclic) bond motifs is 1. The number of halogens is 1. The Morgan fingerprint density at radius 2 is 1.76 bits per heavy atom. The highest BCUT2D eigenvalue weighted by atomic mass is 35.5. The van der Waals surface area contributed by atoms with Crippen molar-refractivity contribution < 1.29 is 4.79 Å². The van der Waals surface area contributed by atoms with Gasteiger partial charge in [-0.05, 0) is 29.8 Å². The second-order valence-electron chi connectivity index (χ2n) is 7.54. The molecular weight excluding hydrogens is 474 g/mol. The Hall–Kier alpha value is -3.56. The van der Waals surface area contributed by atoms with Gasteiger partial charge in [0, 0.05) is 31.4 Å². The molecule has 0 aliphatic rings. The number of thioether (sulfide) groups is 1. The molecule has 2 aromatic carbocycles. The molecule has 174 valence electrons. The standard InChI is InChI=1S/C24H22ClN5O3S/c1-28-21-20(22(32)29(2)24(28)33)30(14-6-9-16-7-4-3-5-8-16)23(27-21)34-15-19(31)26-18-12-10-17(25)11-13-18/h3-13H,14-15H2,1-2H3,(H,26,31)/b9-6-. The molecule has 34 heavy (non-hydrogen) atoms. The van der Waals surface area contributed by atoms with Gasteiger partial charge in [-0.15, -0.1) is 0 Å². The third kappa shape index (κ3) is 5.00. The van der Waals surface area contributed by atoms with E-state index in [0.717, 1.165) is 10.1 Å². The Morgan fingerprint density at radius 1 is 1.06 bits per heavy atom. The Morgan fingerprint density at radius 3 is 2.47 bits per heavy atom. The van der Waals surface area contributed by atoms with Crippen LogP contribution in [0.2, 0.25) is 5.02 Å². The van der Waals surface area contributed by atoms with E-state index in [-0.39, 0.29) is 17.3 Å². The zero-order valence-electron chi connectivity index (χ0n) is 18.6. The van der Waals surface area contributed by atoms with Gasteiger partial charge in [-0.2, -0.15) is 0 Å². The smallest absolute Gasteiger partial charge is 0.325 e. The second kappa shape index (κ2) is 10.1. The van der Waals surface area contributed by atoms with E-state index in [0.29, 0.717) is 27.9 Å². The first kappa shape index (κ1) is 23.6. The van der Waals surface area contributed by atoms with Crippen LogP contribution < -0.4 is 16.6 Å². The molecule has 0 spiro atoms. The number of hydrogen-bond donors (Lipinski definition) is 1. The number of aryl methyl sites for hydroxylation is 1. The lowest BCUT2D eigenvalue weighted by atomic mass is 10.2. The molecule has 2 heterocycles. The number of nitrogens with zero attached hydrogens (tertiary/aromatic N) is 4. The molecule has 0 radical (unpaired) electrons. The third-order valence-corrected chi connectivity index (χ3v) is 6.40. The summed E-state index contributed by atoms with van der Waals surface area (Å²) in [6.07, 6.45) is 3.86. The summed E-state index contributed by atoms with van der Waals surface area (Å²) >= 11 is 7.08. The monoisotopic (exact) mass is 495 g/mol. The third-order valence-electron chi connectivity index (χ3n) is 5.17. The van der Waals surface area contributed by atoms with Crippen LogP contribution >= 0.6 is 23.4 Å². The van der Waals surface area contributed by atoms with Crippen molar-refractivity contribution in [3.63, 3.8) is 0 Å². The van der Waals surface area contributed by atoms with Crippen LogP contribution in [-0.2, 0) is 25.4 Å². The van der Waals surface area contributed by atoms with Gasteiger partial charge in [-0.3, -0.25) is 18.7 Å². The molecule has 0 fully saturated rings. The van der Waals surface area contributed by atoms with Crippen LogP contribution in [0.15, 0.2) is 75.4 Å². The van der Waals surface area contributed by atoms with Crippen molar-refractivity contribution in [2.75, 3.05) is 11.1 Å². The van der Waals surface area contributed by atoms with Crippen molar-refractivity contribution in [3.05, 3.63) is 92.1 Å². The number of hydrogen-bond acceptors (Lipinski definition) is 5. The van der Waals surface area contributed by atoms with Gasteiger partial charge >= 0.3 is 5.69 Å². The summed E-state index contributed by atoms with van der Waals surface area (Å²) in [5.74, 6) is -0.157. The summed E-state index contributed by atoms with van der Waals surface area (Å²) in [5.41, 5.74) is 1.34. The summed E-state index contributed by atoms with van der Waals surface area (Å²) in [6, 6.07) is 16.6. The molecule has 0 unspecified atom stereocenters. The molecule has 2 aromatic heterocycles. The van der Waals surface area contributed by atoms with Gasteiger partial charge in [-0.25, -0.2) is 9.78 Å². The molecule has 0 aliphatic carbocycles. The van der Waals surface area contributed by atoms with E-state index < -0.39 is 11.2 Å². The fraction of sp³-hybridized carbons (Fsp3) is 0.167. The number of amides is 1. The van der Waals surface area contributed by atoms with Gasteiger partial charge < -0.3 is 9.88 Å². The molecular formula is C24H22ClN5O3S. The maximum Gasteiger partial charge on any atom is 0.332 e. The fourth-order valence-corrected chi connectivity index (χ4v) is 4.36. The van der Waals surface area contributed by atoms with Gasteiger partial charge in [0.05, 0.1) is 5.75 Å². The zero-order valence-corrected chi connectivity index (χ0v) is 20.1. The van der Waals surface area contributed by atoms with Crippen molar-refractivity contribution in [1.82, 2.24) is 18.7 Å². The van der Waals surface area contributed by atoms with Crippen LogP contribution in [0, 0.1) is 0 Å². The van der Waals surface area contributed by atoms with Crippen molar-refractivity contribution in [2.45, 2.75) is 11.7 Å². The Kier molecular flexibility index (Phi) is 7.04. The Balaban J connectivity index is 1.64. The molecule has 10 heteroatoms. The number of carbonyl (C=O) groups excluding carboxylic acids is 1. The van der Waals surface area contributed by atoms with Crippen LogP contribution in [0.1, 0.15) is 5.56 Å². The molecule has 0 atom stereocenters. The summed E-state index contributed by atoms with van der Waals surface area (Å²) in [4.78, 5) is 42.4. The lowest BCUT2D eigenvalue weighted by molar-refractivity contribution is -0.113. The largest absolute Gasteiger partial charge is 0.332 e. The van der Waals surface area contributed by atoms with Crippen LogP contribution in [0.3, 0.4) is 0 Å². The van der Waals surface area contributed by atoms with E-state index in [9.17, 15) is 14.4 Å². The Bertz CT molecular complexity index is 1490. The highest BCUT2D eigenvalue weighted by molar-refractivity contribution is 7.99. The number of rotatable bonds is 7. The van der Waals surface area contributed by atoms with Gasteiger partial charge in [0.15, 0.2) is 16.3 Å². The molecule has 8 nitrogen and oxygen atoms in total. The minimum absolute atomic E-state index is 0.0720. The van der Waals surface area contributed by atoms with E-state index in [1.165, 1.54) is 23.4 Å². The first-order valence-electron chi connectivity index (χ1n) is 10.4. The number of allylic oxidation sites excluding steroid dienone is 1. The van der Waals surface area contributed by atoms with Gasteiger partial charge in [0.2, 0.25) is 5.91 Å². The topological polar surface area (TPSA) is 90.9 Å². The maximum absolute atomic E-state index is 12.9. The average Bonchev–Trinajstić information content (AvgIpc) is 3.21. The number of imidazole rings is 1. The quantitative estimate of drug-likeness (QED) is 0.396. The number of carbonyl (C=O) groups is 1. The number of anilines is 1. The van der Waals surface area contributed by atoms with Crippen molar-refractivity contribution in [3.8, 4) is 0 Å². The molecule has 1 amide bonds. The molecule has 1 N–H and O–H groups in total. The SMILES string of the molecule is Cn1c(=O)c2c(nc(SCC(=O)Nc3ccc(Cl)cc3)n2C/C=C\c2ccccc2)n(C)c1=O. The highest BCUT2D eigenvalue weighted by Gasteiger charge is 2.19. The fourth-order valence-electron chi connectivity index (χ4n) is 3.42. The predicted molar refractivity (Wildman–Crippen MR) is 136 cm³/mol. The minimum atomic E-state index is -0.459. The van der Waals surface area contributed by atoms with Crippen molar-refractivity contribution in [1.29, 1.82) is 0 Å². The number of benzene rings is 2. The lowest BCUT2D eigenvalue weighted by Crippen LogP contribution is -2.37. The van der Waals surface area contributed by atoms with Crippen molar-refractivity contribution in [2.24, 2.45) is 14.1 Å². The van der Waals surface area contributed by atoms with E-state index in [2.05, 4.69) is 10.3 Å². The molecule has 0 saturated carbocycles. The first-order chi connectivity index (χ1) is 16.3. The van der Waals surface area contributed by atoms with E-state index in [1.54, 1.807) is 35.9 Å². The average molecular weight is 496 g/mol. The van der Waals surface area contributed by atoms with E-state index in [1.807, 2.05) is 42.5 Å². The molecule has 4 aromatic rings. The number of aromatic nitrogens is 4.